The number of nitro groups is 2. The number of ether oxygens (including phenoxy) is 2. The summed E-state index contributed by atoms with van der Waals surface area (Å²) in [7, 11) is -2.48. The lowest BCUT2D eigenvalue weighted by Gasteiger charge is -2.52. The molecule has 0 bridgehead atoms. The molecule has 1 heterocycles. The highest BCUT2D eigenvalue weighted by molar-refractivity contribution is 8.14. The van der Waals surface area contributed by atoms with Crippen LogP contribution in [0.1, 0.15) is 58.1 Å². The van der Waals surface area contributed by atoms with Crippen molar-refractivity contribution in [1.29, 1.82) is 0 Å². The quantitative estimate of drug-likeness (QED) is 0.0148. The van der Waals surface area contributed by atoms with Crippen molar-refractivity contribution in [2.75, 3.05) is 6.54 Å². The van der Waals surface area contributed by atoms with Crippen molar-refractivity contribution in [3.8, 4) is 0 Å². The number of β-lactam (4-membered cyclic amide) rings is 1. The second-order valence-corrected chi connectivity index (χ2v) is 27.3. The molecule has 69 heavy (non-hydrogen) atoms. The van der Waals surface area contributed by atoms with E-state index in [1.807, 2.05) is 97.9 Å². The van der Waals surface area contributed by atoms with Gasteiger partial charge >= 0.3 is 12.1 Å². The molecule has 15 nitrogen and oxygen atoms in total. The Bertz CT molecular complexity index is 2580. The summed E-state index contributed by atoms with van der Waals surface area (Å²) in [6.07, 6.45) is -0.419. The maximum absolute atomic E-state index is 15.4. The van der Waals surface area contributed by atoms with Crippen LogP contribution in [0.5, 0.6) is 0 Å². The standard InChI is InChI=1S/C51H57N4O11PSSi/c1-36(66-69(5,6)51(2,3)4)45-46(57)53(48(45)68-44(56)24-16-17-33-52-50(59)65-35-38-27-31-40(32-28-38)55(62)63)47(49(58)64-34-37-25-29-39(30-26-37)54(60)61)67(41-18-10-7-11-19-41,42-20-12-8-13-21-42)43-22-14-9-15-23-43/h7-15,18-23,25-32,36,45,48H,16-17,24,33-35H2,1-6H3,(H,52,59)/t36-,45+,48+/m0/s1. The Labute approximate surface area is 407 Å². The molecule has 1 saturated heterocycles. The van der Waals surface area contributed by atoms with Gasteiger partial charge in [-0.3, -0.25) is 34.7 Å². The van der Waals surface area contributed by atoms with E-state index >= 15 is 9.59 Å². The van der Waals surface area contributed by atoms with Gasteiger partial charge in [-0.25, -0.2) is 9.59 Å². The number of rotatable bonds is 20. The second kappa shape index (κ2) is 22.8. The fourth-order valence-electron chi connectivity index (χ4n) is 7.77. The average molecular weight is 993 g/mol. The van der Waals surface area contributed by atoms with E-state index in [1.54, 1.807) is 0 Å². The highest BCUT2D eigenvalue weighted by Crippen LogP contribution is 2.52. The minimum atomic E-state index is -3.38. The molecular formula is C51H57N4O11PSSi. The zero-order valence-corrected chi connectivity index (χ0v) is 42.2. The number of nitro benzene ring substituents is 2. The summed E-state index contributed by atoms with van der Waals surface area (Å²) in [5.41, 5.74) is 0.963. The van der Waals surface area contributed by atoms with Gasteiger partial charge in [-0.2, -0.15) is 0 Å². The number of likely N-dealkylation sites (tertiary alicyclic amines) is 1. The van der Waals surface area contributed by atoms with Crippen molar-refractivity contribution in [1.82, 2.24) is 10.2 Å². The predicted octanol–water partition coefficient (Wildman–Crippen LogP) is 9.22. The van der Waals surface area contributed by atoms with E-state index in [9.17, 15) is 29.8 Å². The topological polar surface area (TPSA) is 198 Å². The van der Waals surface area contributed by atoms with Crippen LogP contribution in [-0.4, -0.2) is 69.6 Å². The van der Waals surface area contributed by atoms with Crippen LogP contribution in [0, 0.1) is 26.1 Å². The van der Waals surface area contributed by atoms with Gasteiger partial charge < -0.3 is 19.2 Å². The summed E-state index contributed by atoms with van der Waals surface area (Å²) in [4.78, 5) is 80.3. The Hall–Kier alpha value is -6.39. The van der Waals surface area contributed by atoms with Crippen molar-refractivity contribution in [2.45, 2.75) is 89.8 Å². The van der Waals surface area contributed by atoms with Crippen molar-refractivity contribution in [3.63, 3.8) is 0 Å². The van der Waals surface area contributed by atoms with E-state index in [1.165, 1.54) is 53.4 Å². The van der Waals surface area contributed by atoms with Gasteiger partial charge in [0.2, 0.25) is 5.91 Å². The van der Waals surface area contributed by atoms with Crippen molar-refractivity contribution >= 4 is 82.8 Å². The zero-order chi connectivity index (χ0) is 49.9. The number of thioether (sulfide) groups is 1. The van der Waals surface area contributed by atoms with Crippen molar-refractivity contribution in [3.05, 3.63) is 171 Å². The third-order valence-corrected chi connectivity index (χ3v) is 22.4. The molecule has 362 valence electrons. The van der Waals surface area contributed by atoms with E-state index in [0.29, 0.717) is 24.0 Å². The normalized spacial score (nSPS) is 15.3. The Morgan fingerprint density at radius 1 is 0.725 bits per heavy atom. The van der Waals surface area contributed by atoms with Crippen molar-refractivity contribution < 1.29 is 42.9 Å². The molecule has 0 aliphatic carbocycles. The van der Waals surface area contributed by atoms with Crippen LogP contribution in [0.2, 0.25) is 18.1 Å². The summed E-state index contributed by atoms with van der Waals surface area (Å²) < 4.78 is 18.3. The maximum atomic E-state index is 15.4. The summed E-state index contributed by atoms with van der Waals surface area (Å²) >= 11 is 0.980. The molecule has 6 rings (SSSR count). The van der Waals surface area contributed by atoms with Gasteiger partial charge in [0.15, 0.2) is 13.4 Å². The van der Waals surface area contributed by atoms with E-state index in [0.717, 1.165) is 27.7 Å². The van der Waals surface area contributed by atoms with Crippen molar-refractivity contribution in [2.24, 2.45) is 5.92 Å². The predicted molar refractivity (Wildman–Crippen MR) is 273 cm³/mol. The molecule has 1 fully saturated rings. The molecule has 5 aromatic carbocycles. The Morgan fingerprint density at radius 2 is 1.17 bits per heavy atom. The molecule has 0 saturated carbocycles. The first-order chi connectivity index (χ1) is 32.8. The number of esters is 1. The summed E-state index contributed by atoms with van der Waals surface area (Å²) in [5, 5.41) is 26.1. The number of unbranched alkanes of at least 4 members (excludes halogenated alkanes) is 1. The van der Waals surface area contributed by atoms with Gasteiger partial charge in [-0.05, 0) is 89.2 Å². The number of nitrogens with one attached hydrogen (secondary N) is 1. The molecule has 3 atom stereocenters. The Balaban J connectivity index is 1.37. The van der Waals surface area contributed by atoms with E-state index in [4.69, 9.17) is 13.9 Å². The summed E-state index contributed by atoms with van der Waals surface area (Å²) in [6.45, 7) is 8.86. The number of benzene rings is 5. The first kappa shape index (κ1) is 52.0. The minimum absolute atomic E-state index is 0.0731. The molecular weight excluding hydrogens is 936 g/mol. The van der Waals surface area contributed by atoms with E-state index in [2.05, 4.69) is 39.2 Å². The summed E-state index contributed by atoms with van der Waals surface area (Å²) in [5.74, 6) is -2.01. The largest absolute Gasteiger partial charge is 0.456 e. The molecule has 18 heteroatoms. The number of hydrogen-bond donors (Lipinski definition) is 1. The third kappa shape index (κ3) is 12.3. The van der Waals surface area contributed by atoms with Crippen LogP contribution >= 0.6 is 18.6 Å². The van der Waals surface area contributed by atoms with Gasteiger partial charge in [0.25, 0.3) is 11.4 Å². The Morgan fingerprint density at radius 3 is 1.61 bits per heavy atom. The van der Waals surface area contributed by atoms with Gasteiger partial charge in [-0.15, -0.1) is 0 Å². The first-order valence-electron chi connectivity index (χ1n) is 22.5. The molecule has 0 unspecified atom stereocenters. The average Bonchev–Trinajstić information content (AvgIpc) is 3.33. The van der Waals surface area contributed by atoms with Crippen LogP contribution in [0.15, 0.2) is 140 Å². The van der Waals surface area contributed by atoms with Gasteiger partial charge in [0.05, 0.1) is 21.9 Å². The van der Waals surface area contributed by atoms with Crippen LogP contribution in [0.4, 0.5) is 16.2 Å². The molecule has 5 aromatic rings. The number of nitrogens with zero attached hydrogens (tertiary/aromatic N) is 3. The van der Waals surface area contributed by atoms with Crippen LogP contribution in [0.25, 0.3) is 0 Å². The SMILES string of the molecule is C[C@H](O[Si](C)(C)C(C)(C)C)[C@@H]1C(=O)N(C(C(=O)OCc2ccc([N+](=O)[O-])cc2)=P(c2ccccc2)(c2ccccc2)c2ccccc2)[C@@H]1SC(=O)CCCCNC(=O)OCc1ccc([N+](=O)[O-])cc1. The smallest absolute Gasteiger partial charge is 0.407 e. The number of alkyl carbamates (subject to hydrolysis) is 1. The number of carbonyl (C=O) groups excluding carboxylic acids is 4. The molecule has 1 aliphatic rings. The molecule has 0 aromatic heterocycles. The number of hydrogen-bond acceptors (Lipinski definition) is 12. The highest BCUT2D eigenvalue weighted by atomic mass is 32.2. The molecule has 1 aliphatic heterocycles. The highest BCUT2D eigenvalue weighted by Gasteiger charge is 2.58. The molecule has 2 amide bonds. The number of carbonyl (C=O) groups is 4. The fraction of sp³-hybridized carbons (Fsp3) is 0.314. The van der Waals surface area contributed by atoms with E-state index < -0.39 is 60.4 Å². The van der Waals surface area contributed by atoms with Crippen LogP contribution in [0.3, 0.4) is 0 Å². The number of non-ortho nitro benzene ring substituents is 2. The number of amides is 2. The Kier molecular flexibility index (Phi) is 17.2. The molecule has 1 N–H and O–H groups in total. The van der Waals surface area contributed by atoms with Crippen LogP contribution < -0.4 is 21.2 Å². The third-order valence-electron chi connectivity index (χ3n) is 12.4. The molecule has 0 spiro atoms. The second-order valence-electron chi connectivity index (χ2n) is 18.1. The monoisotopic (exact) mass is 992 g/mol. The lowest BCUT2D eigenvalue weighted by molar-refractivity contribution is -0.385. The minimum Gasteiger partial charge on any atom is -0.456 e. The lowest BCUT2D eigenvalue weighted by Crippen LogP contribution is -2.68. The van der Waals surface area contributed by atoms with Crippen LogP contribution in [-0.2, 0) is 41.5 Å². The van der Waals surface area contributed by atoms with Gasteiger partial charge in [-0.1, -0.05) is 124 Å². The first-order valence-corrected chi connectivity index (χ1v) is 28.1. The fourth-order valence-corrected chi connectivity index (χ4v) is 15.0. The van der Waals surface area contributed by atoms with E-state index in [-0.39, 0.29) is 53.1 Å². The van der Waals surface area contributed by atoms with Gasteiger partial charge in [0, 0.05) is 44.1 Å². The summed E-state index contributed by atoms with van der Waals surface area (Å²) in [6, 6.07) is 40.0. The zero-order valence-electron chi connectivity index (χ0n) is 39.4. The lowest BCUT2D eigenvalue weighted by atomic mass is 9.93. The molecule has 0 radical (unpaired) electrons. The van der Waals surface area contributed by atoms with Gasteiger partial charge in [0.1, 0.15) is 24.0 Å². The maximum Gasteiger partial charge on any atom is 0.407 e.